The van der Waals surface area contributed by atoms with Gasteiger partial charge in [0.15, 0.2) is 0 Å². The molecule has 0 aliphatic carbocycles. The van der Waals surface area contributed by atoms with Crippen molar-refractivity contribution in [2.24, 2.45) is 5.18 Å². The zero-order valence-corrected chi connectivity index (χ0v) is 4.32. The molecular weight excluding hydrogens is 98.1 g/mol. The van der Waals surface area contributed by atoms with Crippen LogP contribution >= 0.6 is 12.6 Å². The van der Waals surface area contributed by atoms with Gasteiger partial charge >= 0.3 is 0 Å². The minimum atomic E-state index is 0.406. The standard InChI is InChI=1S/C3H7NOS/c5-4-2-1-3-6/h6H,1-3H2. The Bertz CT molecular complexity index is 39.8. The SMILES string of the molecule is O=NCCCS. The average molecular weight is 105 g/mol. The molecule has 0 atom stereocenters. The van der Waals surface area contributed by atoms with Crippen molar-refractivity contribution in [2.45, 2.75) is 6.42 Å². The highest BCUT2D eigenvalue weighted by Gasteiger charge is 1.76. The summed E-state index contributed by atoms with van der Waals surface area (Å²) in [4.78, 5) is 9.28. The van der Waals surface area contributed by atoms with Gasteiger partial charge in [0.1, 0.15) is 0 Å². The first-order chi connectivity index (χ1) is 2.91. The summed E-state index contributed by atoms with van der Waals surface area (Å²) in [6.07, 6.45) is 0.798. The fourth-order valence-electron chi connectivity index (χ4n) is 0.135. The average Bonchev–Trinajstić information content (AvgIpc) is 1.61. The zero-order valence-electron chi connectivity index (χ0n) is 3.42. The molecule has 0 fully saturated rings. The van der Waals surface area contributed by atoms with Crippen molar-refractivity contribution >= 4 is 12.6 Å². The van der Waals surface area contributed by atoms with Gasteiger partial charge in [-0.25, -0.2) is 0 Å². The highest BCUT2D eigenvalue weighted by molar-refractivity contribution is 7.80. The van der Waals surface area contributed by atoms with Crippen molar-refractivity contribution in [3.05, 3.63) is 4.91 Å². The minimum absolute atomic E-state index is 0.406. The molecule has 36 valence electrons. The van der Waals surface area contributed by atoms with Crippen LogP contribution in [0.3, 0.4) is 0 Å². The van der Waals surface area contributed by atoms with E-state index in [4.69, 9.17) is 0 Å². The molecule has 0 bridgehead atoms. The summed E-state index contributed by atoms with van der Waals surface area (Å²) in [6, 6.07) is 0. The van der Waals surface area contributed by atoms with E-state index in [9.17, 15) is 4.91 Å². The van der Waals surface area contributed by atoms with E-state index in [2.05, 4.69) is 17.8 Å². The van der Waals surface area contributed by atoms with Gasteiger partial charge in [-0.2, -0.15) is 17.5 Å². The van der Waals surface area contributed by atoms with Crippen LogP contribution in [-0.2, 0) is 0 Å². The number of nitroso groups, excluding NO2 is 1. The predicted molar refractivity (Wildman–Crippen MR) is 29.1 cm³/mol. The van der Waals surface area contributed by atoms with Gasteiger partial charge in [0.25, 0.3) is 0 Å². The summed E-state index contributed by atoms with van der Waals surface area (Å²) >= 11 is 3.86. The summed E-state index contributed by atoms with van der Waals surface area (Å²) < 4.78 is 0. The van der Waals surface area contributed by atoms with E-state index in [1.807, 2.05) is 0 Å². The summed E-state index contributed by atoms with van der Waals surface area (Å²) in [5.74, 6) is 0.756. The van der Waals surface area contributed by atoms with Gasteiger partial charge in [0, 0.05) is 0 Å². The van der Waals surface area contributed by atoms with Gasteiger partial charge < -0.3 is 0 Å². The molecule has 0 aromatic rings. The summed E-state index contributed by atoms with van der Waals surface area (Å²) in [5.41, 5.74) is 0. The number of hydrogen-bond acceptors (Lipinski definition) is 3. The molecule has 0 unspecified atom stereocenters. The molecule has 0 aromatic carbocycles. The molecule has 0 radical (unpaired) electrons. The molecule has 0 rings (SSSR count). The highest BCUT2D eigenvalue weighted by atomic mass is 32.1. The maximum absolute atomic E-state index is 9.28. The molecule has 0 heterocycles. The molecule has 0 aromatic heterocycles. The lowest BCUT2D eigenvalue weighted by atomic mass is 10.5. The quantitative estimate of drug-likeness (QED) is 0.325. The molecule has 0 amide bonds. The fourth-order valence-corrected chi connectivity index (χ4v) is 0.277. The monoisotopic (exact) mass is 105 g/mol. The second-order valence-electron chi connectivity index (χ2n) is 0.930. The largest absolute Gasteiger partial charge is 0.179 e. The minimum Gasteiger partial charge on any atom is -0.179 e. The molecule has 0 spiro atoms. The zero-order chi connectivity index (χ0) is 4.83. The van der Waals surface area contributed by atoms with Crippen LogP contribution in [0.15, 0.2) is 5.18 Å². The van der Waals surface area contributed by atoms with E-state index < -0.39 is 0 Å². The first-order valence-corrected chi connectivity index (χ1v) is 2.45. The van der Waals surface area contributed by atoms with Crippen molar-refractivity contribution in [3.63, 3.8) is 0 Å². The van der Waals surface area contributed by atoms with Crippen LogP contribution in [0, 0.1) is 4.91 Å². The highest BCUT2D eigenvalue weighted by Crippen LogP contribution is 1.81. The molecule has 0 saturated heterocycles. The number of hydrogen-bond donors (Lipinski definition) is 1. The molecule has 0 saturated carbocycles. The number of thiol groups is 1. The maximum Gasteiger partial charge on any atom is 0.0818 e. The van der Waals surface area contributed by atoms with Crippen molar-refractivity contribution in [3.8, 4) is 0 Å². The maximum atomic E-state index is 9.28. The van der Waals surface area contributed by atoms with Gasteiger partial charge in [-0.05, 0) is 12.2 Å². The molecular formula is C3H7NOS. The van der Waals surface area contributed by atoms with Crippen molar-refractivity contribution in [1.29, 1.82) is 0 Å². The third kappa shape index (κ3) is 3.95. The van der Waals surface area contributed by atoms with Gasteiger partial charge in [-0.1, -0.05) is 5.18 Å². The van der Waals surface area contributed by atoms with E-state index in [0.717, 1.165) is 12.2 Å². The lowest BCUT2D eigenvalue weighted by molar-refractivity contribution is 0.938. The molecule has 6 heavy (non-hydrogen) atoms. The van der Waals surface area contributed by atoms with Crippen LogP contribution < -0.4 is 0 Å². The van der Waals surface area contributed by atoms with Crippen molar-refractivity contribution < 1.29 is 0 Å². The first-order valence-electron chi connectivity index (χ1n) is 1.82. The van der Waals surface area contributed by atoms with Crippen LogP contribution in [0.25, 0.3) is 0 Å². The number of rotatable bonds is 3. The van der Waals surface area contributed by atoms with Gasteiger partial charge in [0.05, 0.1) is 6.54 Å². The number of nitrogens with zero attached hydrogens (tertiary/aromatic N) is 1. The van der Waals surface area contributed by atoms with E-state index in [0.29, 0.717) is 6.54 Å². The van der Waals surface area contributed by atoms with E-state index in [1.165, 1.54) is 0 Å². The van der Waals surface area contributed by atoms with Gasteiger partial charge in [0.2, 0.25) is 0 Å². The summed E-state index contributed by atoms with van der Waals surface area (Å²) in [7, 11) is 0. The second kappa shape index (κ2) is 4.95. The fraction of sp³-hybridized carbons (Fsp3) is 1.00. The van der Waals surface area contributed by atoms with Crippen molar-refractivity contribution in [1.82, 2.24) is 0 Å². The van der Waals surface area contributed by atoms with Gasteiger partial charge in [-0.3, -0.25) is 0 Å². The van der Waals surface area contributed by atoms with Gasteiger partial charge in [-0.15, -0.1) is 0 Å². The predicted octanol–water partition coefficient (Wildman–Crippen LogP) is 1.07. The third-order valence-corrected chi connectivity index (χ3v) is 0.724. The molecule has 2 nitrogen and oxygen atoms in total. The van der Waals surface area contributed by atoms with E-state index in [1.54, 1.807) is 0 Å². The summed E-state index contributed by atoms with van der Waals surface area (Å²) in [6.45, 7) is 0.406. The Morgan fingerprint density at radius 2 is 2.33 bits per heavy atom. The topological polar surface area (TPSA) is 29.4 Å². The Morgan fingerprint density at radius 1 is 1.67 bits per heavy atom. The Morgan fingerprint density at radius 3 is 2.50 bits per heavy atom. The smallest absolute Gasteiger partial charge is 0.0818 e. The Labute approximate surface area is 42.3 Å². The van der Waals surface area contributed by atoms with Crippen LogP contribution in [0.1, 0.15) is 6.42 Å². The third-order valence-electron chi connectivity index (χ3n) is 0.408. The molecule has 0 aliphatic heterocycles. The van der Waals surface area contributed by atoms with E-state index >= 15 is 0 Å². The lowest BCUT2D eigenvalue weighted by Gasteiger charge is -1.77. The van der Waals surface area contributed by atoms with Crippen LogP contribution in [0.5, 0.6) is 0 Å². The normalized spacial score (nSPS) is 8.17. The van der Waals surface area contributed by atoms with Crippen LogP contribution in [0.4, 0.5) is 0 Å². The lowest BCUT2D eigenvalue weighted by Crippen LogP contribution is -1.76. The Kier molecular flexibility index (Phi) is 4.91. The van der Waals surface area contributed by atoms with Crippen LogP contribution in [0.2, 0.25) is 0 Å². The Balaban J connectivity index is 2.49. The van der Waals surface area contributed by atoms with Crippen molar-refractivity contribution in [2.75, 3.05) is 12.3 Å². The van der Waals surface area contributed by atoms with E-state index in [-0.39, 0.29) is 0 Å². The first kappa shape index (κ1) is 5.95. The second-order valence-corrected chi connectivity index (χ2v) is 1.38. The molecule has 3 heteroatoms. The summed E-state index contributed by atoms with van der Waals surface area (Å²) in [5, 5.41) is 2.63. The molecule has 0 N–H and O–H groups in total. The molecule has 0 aliphatic rings. The van der Waals surface area contributed by atoms with Crippen LogP contribution in [-0.4, -0.2) is 12.3 Å². The Hall–Kier alpha value is -0.0500.